The number of nitrogens with zero attached hydrogens (tertiary/aromatic N) is 3. The Morgan fingerprint density at radius 3 is 2.28 bits per heavy atom. The summed E-state index contributed by atoms with van der Waals surface area (Å²) in [4.78, 5) is 4.63. The lowest BCUT2D eigenvalue weighted by molar-refractivity contribution is 0.266. The third-order valence-corrected chi connectivity index (χ3v) is 5.17. The molecule has 1 aromatic heterocycles. The summed E-state index contributed by atoms with van der Waals surface area (Å²) in [5.74, 6) is 2.15. The summed E-state index contributed by atoms with van der Waals surface area (Å²) in [6, 6.07) is 23.6. The Balaban J connectivity index is 1.71. The van der Waals surface area contributed by atoms with Crippen LogP contribution in [0.5, 0.6) is 17.2 Å². The Bertz CT molecular complexity index is 1290. The van der Waals surface area contributed by atoms with Gasteiger partial charge in [-0.1, -0.05) is 42.5 Å². The Labute approximate surface area is 186 Å². The highest BCUT2D eigenvalue weighted by Gasteiger charge is 2.16. The number of hydrogen-bond acceptors (Lipinski definition) is 5. The molecule has 0 aliphatic heterocycles. The van der Waals surface area contributed by atoms with Gasteiger partial charge in [-0.25, -0.2) is 4.98 Å². The van der Waals surface area contributed by atoms with Crippen molar-refractivity contribution in [2.75, 3.05) is 14.2 Å². The van der Waals surface area contributed by atoms with Gasteiger partial charge in [-0.3, -0.25) is 0 Å². The number of nitriles is 1. The van der Waals surface area contributed by atoms with Crippen molar-refractivity contribution in [1.29, 1.82) is 5.26 Å². The third-order valence-electron chi connectivity index (χ3n) is 5.17. The van der Waals surface area contributed by atoms with Gasteiger partial charge in [0.05, 0.1) is 30.8 Å². The molecule has 0 atom stereocenters. The number of para-hydroxylation sites is 2. The zero-order chi connectivity index (χ0) is 22.5. The molecular weight excluding hydrogens is 402 g/mol. The number of aryl methyl sites for hydroxylation is 1. The van der Waals surface area contributed by atoms with Gasteiger partial charge in [0.2, 0.25) is 5.75 Å². The van der Waals surface area contributed by atoms with Crippen molar-refractivity contribution in [2.45, 2.75) is 6.61 Å². The van der Waals surface area contributed by atoms with Crippen LogP contribution in [0.1, 0.15) is 17.0 Å². The number of allylic oxidation sites excluding steroid dienone is 1. The summed E-state index contributed by atoms with van der Waals surface area (Å²) in [6.07, 6.45) is 1.77. The van der Waals surface area contributed by atoms with Gasteiger partial charge in [-0.15, -0.1) is 0 Å². The van der Waals surface area contributed by atoms with Crippen LogP contribution in [0.3, 0.4) is 0 Å². The highest BCUT2D eigenvalue weighted by molar-refractivity contribution is 5.91. The average Bonchev–Trinajstić information content (AvgIpc) is 3.18. The van der Waals surface area contributed by atoms with Gasteiger partial charge < -0.3 is 18.8 Å². The molecule has 0 radical (unpaired) electrons. The fourth-order valence-electron chi connectivity index (χ4n) is 3.56. The monoisotopic (exact) mass is 425 g/mol. The minimum Gasteiger partial charge on any atom is -0.493 e. The molecule has 0 aliphatic carbocycles. The molecule has 4 rings (SSSR count). The average molecular weight is 425 g/mol. The van der Waals surface area contributed by atoms with Gasteiger partial charge in [0.1, 0.15) is 12.7 Å². The Morgan fingerprint density at radius 2 is 1.66 bits per heavy atom. The molecule has 0 amide bonds. The number of fused-ring (bicyclic) bond motifs is 1. The second-order valence-electron chi connectivity index (χ2n) is 7.18. The van der Waals surface area contributed by atoms with E-state index in [1.807, 2.05) is 78.3 Å². The molecule has 1 heterocycles. The lowest BCUT2D eigenvalue weighted by Gasteiger charge is -2.15. The summed E-state index contributed by atoms with van der Waals surface area (Å²) in [7, 11) is 5.06. The molecule has 0 spiro atoms. The summed E-state index contributed by atoms with van der Waals surface area (Å²) in [5.41, 5.74) is 4.02. The topological polar surface area (TPSA) is 69.3 Å². The summed E-state index contributed by atoms with van der Waals surface area (Å²) in [5, 5.41) is 9.85. The Hall–Kier alpha value is -4.24. The largest absolute Gasteiger partial charge is 0.493 e. The fraction of sp³-hybridized carbons (Fsp3) is 0.154. The van der Waals surface area contributed by atoms with E-state index in [4.69, 9.17) is 14.2 Å². The first-order chi connectivity index (χ1) is 15.6. The van der Waals surface area contributed by atoms with Crippen molar-refractivity contribution in [1.82, 2.24) is 9.55 Å². The van der Waals surface area contributed by atoms with Gasteiger partial charge in [0.25, 0.3) is 0 Å². The van der Waals surface area contributed by atoms with Crippen molar-refractivity contribution in [3.05, 3.63) is 83.7 Å². The van der Waals surface area contributed by atoms with Gasteiger partial charge in [-0.05, 0) is 41.5 Å². The van der Waals surface area contributed by atoms with Crippen molar-refractivity contribution in [3.8, 4) is 23.3 Å². The van der Waals surface area contributed by atoms with Crippen LogP contribution in [-0.2, 0) is 13.7 Å². The number of aromatic nitrogens is 2. The molecule has 32 heavy (non-hydrogen) atoms. The van der Waals surface area contributed by atoms with E-state index in [0.717, 1.165) is 22.2 Å². The number of imidazole rings is 1. The van der Waals surface area contributed by atoms with E-state index in [1.54, 1.807) is 20.3 Å². The van der Waals surface area contributed by atoms with E-state index in [9.17, 15) is 5.26 Å². The minimum atomic E-state index is 0.381. The molecular formula is C26H23N3O3. The van der Waals surface area contributed by atoms with Gasteiger partial charge in [0.15, 0.2) is 17.3 Å². The van der Waals surface area contributed by atoms with Gasteiger partial charge >= 0.3 is 0 Å². The number of methoxy groups -OCH3 is 2. The van der Waals surface area contributed by atoms with E-state index in [-0.39, 0.29) is 0 Å². The SMILES string of the molecule is COc1cc(/C=C(/C#N)c2nc3ccccc3n2C)cc(OC)c1OCc1ccccc1. The molecule has 0 saturated heterocycles. The summed E-state index contributed by atoms with van der Waals surface area (Å²) >= 11 is 0. The van der Waals surface area contributed by atoms with Crippen molar-refractivity contribution < 1.29 is 14.2 Å². The predicted octanol–water partition coefficient (Wildman–Crippen LogP) is 5.23. The number of ether oxygens (including phenoxy) is 3. The maximum absolute atomic E-state index is 9.85. The fourth-order valence-corrected chi connectivity index (χ4v) is 3.56. The zero-order valence-electron chi connectivity index (χ0n) is 18.2. The lowest BCUT2D eigenvalue weighted by Crippen LogP contribution is -2.01. The number of hydrogen-bond donors (Lipinski definition) is 0. The first-order valence-corrected chi connectivity index (χ1v) is 10.1. The van der Waals surface area contributed by atoms with Crippen LogP contribution in [0, 0.1) is 11.3 Å². The van der Waals surface area contributed by atoms with Crippen LogP contribution in [-0.4, -0.2) is 23.8 Å². The highest BCUT2D eigenvalue weighted by atomic mass is 16.5. The second-order valence-corrected chi connectivity index (χ2v) is 7.18. The van der Waals surface area contributed by atoms with E-state index in [1.165, 1.54) is 0 Å². The number of benzene rings is 3. The molecule has 0 fully saturated rings. The van der Waals surface area contributed by atoms with Crippen LogP contribution in [0.25, 0.3) is 22.7 Å². The standard InChI is InChI=1S/C26H23N3O3/c1-29-22-12-8-7-11-21(22)28-26(29)20(16-27)13-19-14-23(30-2)25(24(15-19)31-3)32-17-18-9-5-4-6-10-18/h4-15H,17H2,1-3H3/b20-13-. The molecule has 0 unspecified atom stereocenters. The van der Waals surface area contributed by atoms with Crippen molar-refractivity contribution in [3.63, 3.8) is 0 Å². The van der Waals surface area contributed by atoms with E-state index in [2.05, 4.69) is 11.1 Å². The van der Waals surface area contributed by atoms with Crippen LogP contribution in [0.2, 0.25) is 0 Å². The van der Waals surface area contributed by atoms with Crippen molar-refractivity contribution >= 4 is 22.7 Å². The van der Waals surface area contributed by atoms with Crippen LogP contribution < -0.4 is 14.2 Å². The van der Waals surface area contributed by atoms with E-state index >= 15 is 0 Å². The third kappa shape index (κ3) is 4.14. The van der Waals surface area contributed by atoms with Crippen LogP contribution in [0.4, 0.5) is 0 Å². The van der Waals surface area contributed by atoms with Gasteiger partial charge in [-0.2, -0.15) is 5.26 Å². The van der Waals surface area contributed by atoms with Crippen LogP contribution in [0.15, 0.2) is 66.7 Å². The smallest absolute Gasteiger partial charge is 0.203 e. The Morgan fingerprint density at radius 1 is 1.00 bits per heavy atom. The van der Waals surface area contributed by atoms with E-state index in [0.29, 0.717) is 35.3 Å². The van der Waals surface area contributed by atoms with Crippen LogP contribution >= 0.6 is 0 Å². The molecule has 0 N–H and O–H groups in total. The zero-order valence-corrected chi connectivity index (χ0v) is 18.2. The normalized spacial score (nSPS) is 11.2. The molecule has 4 aromatic rings. The summed E-state index contributed by atoms with van der Waals surface area (Å²) < 4.78 is 19.1. The molecule has 160 valence electrons. The van der Waals surface area contributed by atoms with Crippen molar-refractivity contribution in [2.24, 2.45) is 7.05 Å². The van der Waals surface area contributed by atoms with E-state index < -0.39 is 0 Å². The molecule has 6 nitrogen and oxygen atoms in total. The molecule has 0 saturated carbocycles. The second kappa shape index (κ2) is 9.27. The lowest BCUT2D eigenvalue weighted by atomic mass is 10.1. The predicted molar refractivity (Wildman–Crippen MR) is 125 cm³/mol. The Kier molecular flexibility index (Phi) is 6.09. The number of rotatable bonds is 7. The molecule has 0 bridgehead atoms. The molecule has 3 aromatic carbocycles. The molecule has 0 aliphatic rings. The van der Waals surface area contributed by atoms with Gasteiger partial charge in [0, 0.05) is 7.05 Å². The molecule has 6 heteroatoms. The first-order valence-electron chi connectivity index (χ1n) is 10.1. The maximum atomic E-state index is 9.85. The maximum Gasteiger partial charge on any atom is 0.203 e. The first kappa shape index (κ1) is 21.0. The quantitative estimate of drug-likeness (QED) is 0.379. The summed E-state index contributed by atoms with van der Waals surface area (Å²) in [6.45, 7) is 0.381. The highest BCUT2D eigenvalue weighted by Crippen LogP contribution is 2.40. The minimum absolute atomic E-state index is 0.381.